The summed E-state index contributed by atoms with van der Waals surface area (Å²) in [6.07, 6.45) is 4.13. The molecular weight excluding hydrogens is 440 g/mol. The third-order valence-corrected chi connectivity index (χ3v) is 5.98. The Hall–Kier alpha value is -1.80. The SMILES string of the molecule is CCCCCC(=O)NC(C(=O)Nc1nnc(-c2ccc(Br)cc2)s1)C(C)CC. The van der Waals surface area contributed by atoms with Gasteiger partial charge in [0.15, 0.2) is 0 Å². The van der Waals surface area contributed by atoms with E-state index in [4.69, 9.17) is 0 Å². The zero-order valence-electron chi connectivity index (χ0n) is 16.5. The van der Waals surface area contributed by atoms with E-state index in [1.807, 2.05) is 38.1 Å². The first-order chi connectivity index (χ1) is 13.4. The summed E-state index contributed by atoms with van der Waals surface area (Å²) >= 11 is 4.72. The molecule has 2 rings (SSSR count). The minimum absolute atomic E-state index is 0.0222. The van der Waals surface area contributed by atoms with Crippen LogP contribution < -0.4 is 10.6 Å². The number of rotatable bonds is 10. The van der Waals surface area contributed by atoms with E-state index in [0.29, 0.717) is 11.6 Å². The van der Waals surface area contributed by atoms with Gasteiger partial charge in [-0.15, -0.1) is 10.2 Å². The average molecular weight is 467 g/mol. The van der Waals surface area contributed by atoms with Crippen LogP contribution in [0.15, 0.2) is 28.7 Å². The molecule has 1 heterocycles. The molecule has 2 unspecified atom stereocenters. The number of carbonyl (C=O) groups excluding carboxylic acids is 2. The highest BCUT2D eigenvalue weighted by Gasteiger charge is 2.26. The van der Waals surface area contributed by atoms with Gasteiger partial charge >= 0.3 is 0 Å². The quantitative estimate of drug-likeness (QED) is 0.481. The highest BCUT2D eigenvalue weighted by atomic mass is 79.9. The fourth-order valence-electron chi connectivity index (χ4n) is 2.65. The summed E-state index contributed by atoms with van der Waals surface area (Å²) in [5, 5.41) is 15.1. The summed E-state index contributed by atoms with van der Waals surface area (Å²) in [5.41, 5.74) is 0.934. The van der Waals surface area contributed by atoms with Crippen LogP contribution in [0, 0.1) is 5.92 Å². The molecule has 0 aliphatic carbocycles. The van der Waals surface area contributed by atoms with Gasteiger partial charge in [-0.05, 0) is 24.5 Å². The molecule has 6 nitrogen and oxygen atoms in total. The highest BCUT2D eigenvalue weighted by molar-refractivity contribution is 9.10. The van der Waals surface area contributed by atoms with Crippen molar-refractivity contribution in [2.24, 2.45) is 5.92 Å². The number of hydrogen-bond acceptors (Lipinski definition) is 5. The number of carbonyl (C=O) groups is 2. The number of nitrogens with one attached hydrogen (secondary N) is 2. The van der Waals surface area contributed by atoms with Gasteiger partial charge in [-0.3, -0.25) is 14.9 Å². The average Bonchev–Trinajstić information content (AvgIpc) is 3.14. The molecule has 152 valence electrons. The minimum atomic E-state index is -0.584. The van der Waals surface area contributed by atoms with E-state index in [1.165, 1.54) is 11.3 Å². The Labute approximate surface area is 178 Å². The zero-order chi connectivity index (χ0) is 20.5. The van der Waals surface area contributed by atoms with Gasteiger partial charge in [0, 0.05) is 16.5 Å². The monoisotopic (exact) mass is 466 g/mol. The Morgan fingerprint density at radius 2 is 1.86 bits per heavy atom. The Balaban J connectivity index is 2.02. The molecular formula is C20H27BrN4O2S. The summed E-state index contributed by atoms with van der Waals surface area (Å²) in [4.78, 5) is 25.0. The molecule has 2 atom stereocenters. The maximum Gasteiger partial charge on any atom is 0.249 e. The molecule has 0 bridgehead atoms. The van der Waals surface area contributed by atoms with Gasteiger partial charge in [0.25, 0.3) is 0 Å². The van der Waals surface area contributed by atoms with E-state index in [2.05, 4.69) is 43.7 Å². The van der Waals surface area contributed by atoms with Crippen LogP contribution in [-0.4, -0.2) is 28.1 Å². The fraction of sp³-hybridized carbons (Fsp3) is 0.500. The van der Waals surface area contributed by atoms with Gasteiger partial charge in [0.1, 0.15) is 11.0 Å². The van der Waals surface area contributed by atoms with Crippen molar-refractivity contribution in [1.29, 1.82) is 0 Å². The Bertz CT molecular complexity index is 779. The van der Waals surface area contributed by atoms with Crippen LogP contribution in [0.2, 0.25) is 0 Å². The second-order valence-corrected chi connectivity index (χ2v) is 8.69. The fourth-order valence-corrected chi connectivity index (χ4v) is 3.67. The molecule has 0 aliphatic heterocycles. The first-order valence-electron chi connectivity index (χ1n) is 9.64. The molecule has 0 saturated heterocycles. The van der Waals surface area contributed by atoms with Crippen molar-refractivity contribution in [2.75, 3.05) is 5.32 Å². The van der Waals surface area contributed by atoms with Crippen LogP contribution in [0.5, 0.6) is 0 Å². The number of aromatic nitrogens is 2. The molecule has 28 heavy (non-hydrogen) atoms. The summed E-state index contributed by atoms with van der Waals surface area (Å²) in [5.74, 6) is -0.313. The van der Waals surface area contributed by atoms with E-state index < -0.39 is 6.04 Å². The van der Waals surface area contributed by atoms with E-state index in [1.54, 1.807) is 0 Å². The molecule has 0 aliphatic rings. The van der Waals surface area contributed by atoms with Gasteiger partial charge in [-0.25, -0.2) is 0 Å². The van der Waals surface area contributed by atoms with Crippen molar-refractivity contribution in [3.05, 3.63) is 28.7 Å². The standard InChI is InChI=1S/C20H27BrN4O2S/c1-4-6-7-8-16(26)22-17(13(3)5-2)18(27)23-20-25-24-19(28-20)14-9-11-15(21)12-10-14/h9-13,17H,4-8H2,1-3H3,(H,22,26)(H,23,25,27). The molecule has 0 fully saturated rings. The largest absolute Gasteiger partial charge is 0.344 e. The molecule has 1 aromatic heterocycles. The first-order valence-corrected chi connectivity index (χ1v) is 11.2. The number of amides is 2. The second kappa shape index (κ2) is 11.3. The van der Waals surface area contributed by atoms with E-state index in [0.717, 1.165) is 40.7 Å². The van der Waals surface area contributed by atoms with Crippen molar-refractivity contribution in [3.63, 3.8) is 0 Å². The van der Waals surface area contributed by atoms with Crippen LogP contribution in [0.3, 0.4) is 0 Å². The molecule has 0 radical (unpaired) electrons. The Kier molecular flexibility index (Phi) is 9.05. The van der Waals surface area contributed by atoms with Crippen LogP contribution in [0.1, 0.15) is 52.9 Å². The van der Waals surface area contributed by atoms with Crippen molar-refractivity contribution in [2.45, 2.75) is 58.9 Å². The van der Waals surface area contributed by atoms with E-state index in [9.17, 15) is 9.59 Å². The van der Waals surface area contributed by atoms with Gasteiger partial charge < -0.3 is 5.32 Å². The molecule has 2 amide bonds. The zero-order valence-corrected chi connectivity index (χ0v) is 18.9. The van der Waals surface area contributed by atoms with E-state index >= 15 is 0 Å². The van der Waals surface area contributed by atoms with Crippen molar-refractivity contribution in [1.82, 2.24) is 15.5 Å². The molecule has 2 N–H and O–H groups in total. The van der Waals surface area contributed by atoms with Gasteiger partial charge in [-0.1, -0.05) is 79.4 Å². The third-order valence-electron chi connectivity index (χ3n) is 4.57. The predicted molar refractivity (Wildman–Crippen MR) is 117 cm³/mol. The van der Waals surface area contributed by atoms with Crippen LogP contribution in [-0.2, 0) is 9.59 Å². The predicted octanol–water partition coefficient (Wildman–Crippen LogP) is 5.02. The number of nitrogens with zero attached hydrogens (tertiary/aromatic N) is 2. The number of halogens is 1. The smallest absolute Gasteiger partial charge is 0.249 e. The lowest BCUT2D eigenvalue weighted by molar-refractivity contribution is -0.127. The normalized spacial score (nSPS) is 13.0. The van der Waals surface area contributed by atoms with Crippen LogP contribution >= 0.6 is 27.3 Å². The van der Waals surface area contributed by atoms with Gasteiger partial charge in [-0.2, -0.15) is 0 Å². The van der Waals surface area contributed by atoms with Crippen LogP contribution in [0.25, 0.3) is 10.6 Å². The summed E-state index contributed by atoms with van der Waals surface area (Å²) in [6, 6.07) is 7.16. The van der Waals surface area contributed by atoms with Crippen LogP contribution in [0.4, 0.5) is 5.13 Å². The molecule has 1 aromatic carbocycles. The minimum Gasteiger partial charge on any atom is -0.344 e. The molecule has 0 saturated carbocycles. The van der Waals surface area contributed by atoms with Gasteiger partial charge in [0.05, 0.1) is 0 Å². The molecule has 2 aromatic rings. The van der Waals surface area contributed by atoms with E-state index in [-0.39, 0.29) is 17.7 Å². The number of hydrogen-bond donors (Lipinski definition) is 2. The number of benzene rings is 1. The molecule has 8 heteroatoms. The Morgan fingerprint density at radius 3 is 2.50 bits per heavy atom. The summed E-state index contributed by atoms with van der Waals surface area (Å²) in [6.45, 7) is 6.06. The third kappa shape index (κ3) is 6.67. The van der Waals surface area contributed by atoms with Gasteiger partial charge in [0.2, 0.25) is 16.9 Å². The summed E-state index contributed by atoms with van der Waals surface area (Å²) < 4.78 is 0.986. The topological polar surface area (TPSA) is 84.0 Å². The molecule has 0 spiro atoms. The van der Waals surface area contributed by atoms with Crippen molar-refractivity contribution in [3.8, 4) is 10.6 Å². The number of anilines is 1. The number of unbranched alkanes of at least 4 members (excludes halogenated alkanes) is 2. The maximum atomic E-state index is 12.8. The highest BCUT2D eigenvalue weighted by Crippen LogP contribution is 2.27. The lowest BCUT2D eigenvalue weighted by Gasteiger charge is -2.23. The van der Waals surface area contributed by atoms with Crippen molar-refractivity contribution < 1.29 is 9.59 Å². The lowest BCUT2D eigenvalue weighted by Crippen LogP contribution is -2.47. The second-order valence-electron chi connectivity index (χ2n) is 6.80. The van der Waals surface area contributed by atoms with Crippen molar-refractivity contribution >= 4 is 44.2 Å². The Morgan fingerprint density at radius 1 is 1.14 bits per heavy atom. The first kappa shape index (κ1) is 22.5. The summed E-state index contributed by atoms with van der Waals surface area (Å²) in [7, 11) is 0. The maximum absolute atomic E-state index is 12.8. The lowest BCUT2D eigenvalue weighted by atomic mass is 9.98.